The Morgan fingerprint density at radius 2 is 2.04 bits per heavy atom. The predicted octanol–water partition coefficient (Wildman–Crippen LogP) is 2.31. The molecule has 1 aliphatic rings. The number of amides is 1. The van der Waals surface area contributed by atoms with E-state index in [1.165, 1.54) is 0 Å². The fourth-order valence-electron chi connectivity index (χ4n) is 3.45. The summed E-state index contributed by atoms with van der Waals surface area (Å²) in [4.78, 5) is 30.4. The number of likely N-dealkylation sites (tertiary alicyclic amines) is 1. The first-order valence-electron chi connectivity index (χ1n) is 8.47. The number of hydrogen-bond donors (Lipinski definition) is 1. The van der Waals surface area contributed by atoms with E-state index in [-0.39, 0.29) is 18.5 Å². The summed E-state index contributed by atoms with van der Waals surface area (Å²) in [6, 6.07) is 7.86. The third kappa shape index (κ3) is 3.00. The zero-order valence-corrected chi connectivity index (χ0v) is 14.1. The van der Waals surface area contributed by atoms with E-state index >= 15 is 0 Å². The second kappa shape index (κ2) is 6.63. The molecule has 6 heteroatoms. The number of nitrogens with zero attached hydrogens (tertiary/aromatic N) is 3. The highest BCUT2D eigenvalue weighted by Crippen LogP contribution is 2.23. The van der Waals surface area contributed by atoms with Gasteiger partial charge in [0.1, 0.15) is 12.4 Å². The van der Waals surface area contributed by atoms with Gasteiger partial charge >= 0.3 is 5.97 Å². The molecule has 2 aromatic rings. The lowest BCUT2D eigenvalue weighted by atomic mass is 9.93. The number of fused-ring (bicyclic) bond motifs is 1. The van der Waals surface area contributed by atoms with Gasteiger partial charge in [0.2, 0.25) is 5.91 Å². The number of carbonyl (C=O) groups excluding carboxylic acids is 1. The van der Waals surface area contributed by atoms with Gasteiger partial charge < -0.3 is 14.6 Å². The molecule has 2 unspecified atom stereocenters. The molecular formula is C18H23N3O3. The summed E-state index contributed by atoms with van der Waals surface area (Å²) in [5.41, 5.74) is 1.83. The van der Waals surface area contributed by atoms with Crippen molar-refractivity contribution in [3.8, 4) is 0 Å². The molecule has 1 aliphatic heterocycles. The van der Waals surface area contributed by atoms with Crippen molar-refractivity contribution < 1.29 is 14.7 Å². The summed E-state index contributed by atoms with van der Waals surface area (Å²) in [6.07, 6.45) is 2.11. The minimum Gasteiger partial charge on any atom is -0.481 e. The molecule has 0 aliphatic carbocycles. The van der Waals surface area contributed by atoms with E-state index in [0.717, 1.165) is 29.7 Å². The van der Waals surface area contributed by atoms with Crippen molar-refractivity contribution in [3.05, 3.63) is 30.1 Å². The zero-order chi connectivity index (χ0) is 17.3. The molecule has 1 aromatic carbocycles. The highest BCUT2D eigenvalue weighted by atomic mass is 16.4. The van der Waals surface area contributed by atoms with Crippen molar-refractivity contribution in [1.29, 1.82) is 0 Å². The van der Waals surface area contributed by atoms with Gasteiger partial charge in [-0.25, -0.2) is 4.98 Å². The molecule has 3 rings (SSSR count). The van der Waals surface area contributed by atoms with Gasteiger partial charge in [-0.05, 0) is 31.9 Å². The lowest BCUT2D eigenvalue weighted by Crippen LogP contribution is -2.48. The fourth-order valence-corrected chi connectivity index (χ4v) is 3.45. The average Bonchev–Trinajstić information content (AvgIpc) is 2.93. The summed E-state index contributed by atoms with van der Waals surface area (Å²) in [5, 5.41) is 9.25. The van der Waals surface area contributed by atoms with E-state index in [2.05, 4.69) is 4.98 Å². The quantitative estimate of drug-likeness (QED) is 0.934. The summed E-state index contributed by atoms with van der Waals surface area (Å²) in [6.45, 7) is 4.51. The summed E-state index contributed by atoms with van der Waals surface area (Å²) in [5.74, 6) is -0.437. The normalized spacial score (nSPS) is 21.2. The number of hydrogen-bond acceptors (Lipinski definition) is 3. The maximum Gasteiger partial charge on any atom is 0.308 e. The summed E-state index contributed by atoms with van der Waals surface area (Å²) in [7, 11) is 0. The summed E-state index contributed by atoms with van der Waals surface area (Å²) < 4.78 is 1.95. The number of carboxylic acids is 1. The Kier molecular flexibility index (Phi) is 4.55. The Balaban J connectivity index is 1.85. The number of aliphatic carboxylic acids is 1. The van der Waals surface area contributed by atoms with Crippen molar-refractivity contribution in [2.24, 2.45) is 5.92 Å². The first-order chi connectivity index (χ1) is 11.5. The van der Waals surface area contributed by atoms with E-state index in [1.54, 1.807) is 4.90 Å². The van der Waals surface area contributed by atoms with Gasteiger partial charge in [-0.3, -0.25) is 9.59 Å². The molecule has 1 fully saturated rings. The van der Waals surface area contributed by atoms with Gasteiger partial charge in [-0.1, -0.05) is 19.1 Å². The van der Waals surface area contributed by atoms with Crippen LogP contribution in [0, 0.1) is 5.92 Å². The van der Waals surface area contributed by atoms with Gasteiger partial charge in [0.05, 0.1) is 17.0 Å². The second-order valence-corrected chi connectivity index (χ2v) is 6.46. The van der Waals surface area contributed by atoms with E-state index < -0.39 is 11.9 Å². The largest absolute Gasteiger partial charge is 0.481 e. The lowest BCUT2D eigenvalue weighted by molar-refractivity contribution is -0.147. The smallest absolute Gasteiger partial charge is 0.308 e. The van der Waals surface area contributed by atoms with E-state index in [0.29, 0.717) is 13.0 Å². The van der Waals surface area contributed by atoms with E-state index in [1.807, 2.05) is 42.7 Å². The fraction of sp³-hybridized carbons (Fsp3) is 0.500. The average molecular weight is 329 g/mol. The SMILES string of the molecule is CCc1nc2ccccc2n1CC(=O)N1CC(C(=O)O)CCC1C. The first-order valence-corrected chi connectivity index (χ1v) is 8.47. The molecule has 24 heavy (non-hydrogen) atoms. The highest BCUT2D eigenvalue weighted by molar-refractivity contribution is 5.82. The minimum absolute atomic E-state index is 0.0358. The number of carbonyl (C=O) groups is 2. The number of benzene rings is 1. The third-order valence-electron chi connectivity index (χ3n) is 4.89. The molecule has 2 heterocycles. The molecule has 6 nitrogen and oxygen atoms in total. The standard InChI is InChI=1S/C18H23N3O3/c1-3-16-19-14-6-4-5-7-15(14)21(16)11-17(22)20-10-13(18(23)24)9-8-12(20)2/h4-7,12-13H,3,8-11H2,1-2H3,(H,23,24). The maximum atomic E-state index is 12.8. The number of piperidine rings is 1. The lowest BCUT2D eigenvalue weighted by Gasteiger charge is -2.36. The van der Waals surface area contributed by atoms with Gasteiger partial charge in [-0.15, -0.1) is 0 Å². The molecule has 2 atom stereocenters. The van der Waals surface area contributed by atoms with Crippen LogP contribution in [0.1, 0.15) is 32.5 Å². The molecule has 0 spiro atoms. The van der Waals surface area contributed by atoms with E-state index in [4.69, 9.17) is 0 Å². The topological polar surface area (TPSA) is 75.4 Å². The molecule has 1 saturated heterocycles. The van der Waals surface area contributed by atoms with Gasteiger partial charge in [0.15, 0.2) is 0 Å². The number of para-hydroxylation sites is 2. The van der Waals surface area contributed by atoms with Gasteiger partial charge in [0, 0.05) is 19.0 Å². The molecule has 1 aromatic heterocycles. The van der Waals surface area contributed by atoms with Gasteiger partial charge in [-0.2, -0.15) is 0 Å². The number of aryl methyl sites for hydroxylation is 1. The third-order valence-corrected chi connectivity index (χ3v) is 4.89. The van der Waals surface area contributed by atoms with Crippen LogP contribution >= 0.6 is 0 Å². The van der Waals surface area contributed by atoms with Crippen molar-refractivity contribution in [1.82, 2.24) is 14.5 Å². The molecule has 128 valence electrons. The minimum atomic E-state index is -0.818. The van der Waals surface area contributed by atoms with Crippen LogP contribution in [0.2, 0.25) is 0 Å². The second-order valence-electron chi connectivity index (χ2n) is 6.46. The number of aromatic nitrogens is 2. The van der Waals surface area contributed by atoms with Crippen LogP contribution in [-0.4, -0.2) is 44.0 Å². The molecule has 0 bridgehead atoms. The summed E-state index contributed by atoms with van der Waals surface area (Å²) >= 11 is 0. The Hall–Kier alpha value is -2.37. The van der Waals surface area contributed by atoms with Crippen molar-refractivity contribution in [2.45, 2.75) is 45.7 Å². The van der Waals surface area contributed by atoms with Crippen LogP contribution in [-0.2, 0) is 22.6 Å². The molecule has 1 amide bonds. The number of imidazole rings is 1. The number of carboxylic acid groups (broad SMARTS) is 1. The Bertz CT molecular complexity index is 768. The maximum absolute atomic E-state index is 12.8. The van der Waals surface area contributed by atoms with E-state index in [9.17, 15) is 14.7 Å². The van der Waals surface area contributed by atoms with Crippen LogP contribution in [0.5, 0.6) is 0 Å². The van der Waals surface area contributed by atoms with Crippen LogP contribution in [0.25, 0.3) is 11.0 Å². The van der Waals surface area contributed by atoms with Crippen LogP contribution in [0.4, 0.5) is 0 Å². The van der Waals surface area contributed by atoms with Crippen molar-refractivity contribution in [2.75, 3.05) is 6.54 Å². The Morgan fingerprint density at radius 1 is 1.29 bits per heavy atom. The number of rotatable bonds is 4. The zero-order valence-electron chi connectivity index (χ0n) is 14.1. The van der Waals surface area contributed by atoms with Gasteiger partial charge in [0.25, 0.3) is 0 Å². The molecule has 0 radical (unpaired) electrons. The molecule has 1 N–H and O–H groups in total. The monoisotopic (exact) mass is 329 g/mol. The van der Waals surface area contributed by atoms with Crippen LogP contribution < -0.4 is 0 Å². The van der Waals surface area contributed by atoms with Crippen molar-refractivity contribution in [3.63, 3.8) is 0 Å². The Labute approximate surface area is 141 Å². The van der Waals surface area contributed by atoms with Crippen molar-refractivity contribution >= 4 is 22.9 Å². The highest BCUT2D eigenvalue weighted by Gasteiger charge is 2.32. The predicted molar refractivity (Wildman–Crippen MR) is 90.6 cm³/mol. The molecule has 0 saturated carbocycles. The molecular weight excluding hydrogens is 306 g/mol. The van der Waals surface area contributed by atoms with Crippen LogP contribution in [0.3, 0.4) is 0 Å². The first kappa shape index (κ1) is 16.5. The Morgan fingerprint density at radius 3 is 2.75 bits per heavy atom. The van der Waals surface area contributed by atoms with Crippen LogP contribution in [0.15, 0.2) is 24.3 Å².